The number of benzene rings is 2. The summed E-state index contributed by atoms with van der Waals surface area (Å²) >= 11 is 4.72. The minimum Gasteiger partial charge on any atom is -0.486 e. The quantitative estimate of drug-likeness (QED) is 0.491. The van der Waals surface area contributed by atoms with Crippen LogP contribution in [0.2, 0.25) is 0 Å². The van der Waals surface area contributed by atoms with E-state index in [0.717, 1.165) is 54.4 Å². The van der Waals surface area contributed by atoms with E-state index >= 15 is 0 Å². The Hall–Kier alpha value is -1.95. The maximum atomic E-state index is 5.67. The lowest BCUT2D eigenvalue weighted by Gasteiger charge is -2.23. The van der Waals surface area contributed by atoms with Crippen molar-refractivity contribution in [2.24, 2.45) is 0 Å². The Morgan fingerprint density at radius 2 is 1.89 bits per heavy atom. The smallest absolute Gasteiger partial charge is 0.161 e. The van der Waals surface area contributed by atoms with Gasteiger partial charge in [-0.1, -0.05) is 49.7 Å². The van der Waals surface area contributed by atoms with Crippen LogP contribution in [0.1, 0.15) is 30.9 Å². The predicted molar refractivity (Wildman–Crippen MR) is 114 cm³/mol. The van der Waals surface area contributed by atoms with Gasteiger partial charge in [0.2, 0.25) is 0 Å². The highest BCUT2D eigenvalue weighted by molar-refractivity contribution is 7.84. The van der Waals surface area contributed by atoms with Crippen LogP contribution in [0.25, 0.3) is 6.08 Å². The number of nitrogens with one attached hydrogen (secondary N) is 1. The van der Waals surface area contributed by atoms with Crippen LogP contribution in [-0.4, -0.2) is 31.3 Å². The van der Waals surface area contributed by atoms with Gasteiger partial charge in [-0.05, 0) is 40.7 Å². The molecule has 5 heteroatoms. The van der Waals surface area contributed by atoms with Gasteiger partial charge in [-0.3, -0.25) is 5.43 Å². The van der Waals surface area contributed by atoms with Crippen LogP contribution in [0, 0.1) is 0 Å². The lowest BCUT2D eigenvalue weighted by Crippen LogP contribution is -2.39. The number of hydrogen-bond acceptors (Lipinski definition) is 5. The first kappa shape index (κ1) is 19.8. The van der Waals surface area contributed by atoms with E-state index in [2.05, 4.69) is 47.7 Å². The third-order valence-corrected chi connectivity index (χ3v) is 4.65. The molecule has 1 heterocycles. The largest absolute Gasteiger partial charge is 0.486 e. The number of unbranched alkanes of at least 4 members (excludes halogenated alkanes) is 1. The monoisotopic (exact) mass is 384 g/mol. The molecule has 27 heavy (non-hydrogen) atoms. The summed E-state index contributed by atoms with van der Waals surface area (Å²) in [6, 6.07) is 16.5. The molecule has 4 nitrogen and oxygen atoms in total. The highest BCUT2D eigenvalue weighted by Crippen LogP contribution is 2.31. The molecule has 0 fully saturated rings. The summed E-state index contributed by atoms with van der Waals surface area (Å²) in [5.74, 6) is 1.62. The summed E-state index contributed by atoms with van der Waals surface area (Å²) < 4.78 is 11.2. The summed E-state index contributed by atoms with van der Waals surface area (Å²) in [6.45, 7) is 5.98. The standard InChI is InChI=1S/C22H28N2O2S/c1-2-3-11-24(23-16-18-7-5-4-6-8-18)17-20(27)14-19-9-10-21-22(15-19)26-13-12-25-21/h4-10,14-15,23,27H,2-3,11-13,16-17H2,1H3/b20-14-. The fourth-order valence-electron chi connectivity index (χ4n) is 2.95. The van der Waals surface area contributed by atoms with Crippen molar-refractivity contribution in [2.75, 3.05) is 26.3 Å². The van der Waals surface area contributed by atoms with Gasteiger partial charge in [-0.2, -0.15) is 0 Å². The number of thiol groups is 1. The van der Waals surface area contributed by atoms with Crippen LogP contribution in [0.15, 0.2) is 53.4 Å². The van der Waals surface area contributed by atoms with Crippen molar-refractivity contribution < 1.29 is 9.47 Å². The van der Waals surface area contributed by atoms with Crippen molar-refractivity contribution in [3.05, 3.63) is 64.6 Å². The third-order valence-electron chi connectivity index (χ3n) is 4.38. The first-order chi connectivity index (χ1) is 13.2. The van der Waals surface area contributed by atoms with Gasteiger partial charge >= 0.3 is 0 Å². The normalized spacial score (nSPS) is 13.8. The van der Waals surface area contributed by atoms with Crippen LogP contribution in [0.3, 0.4) is 0 Å². The predicted octanol–water partition coefficient (Wildman–Crippen LogP) is 4.54. The molecule has 0 aromatic heterocycles. The Bertz CT molecular complexity index is 749. The Balaban J connectivity index is 1.62. The minimum atomic E-state index is 0.599. The number of rotatable bonds is 9. The molecule has 2 aromatic rings. The topological polar surface area (TPSA) is 33.7 Å². The van der Waals surface area contributed by atoms with Crippen molar-refractivity contribution in [1.29, 1.82) is 0 Å². The third kappa shape index (κ3) is 6.31. The zero-order valence-corrected chi connectivity index (χ0v) is 16.8. The Labute approximate surface area is 167 Å². The Morgan fingerprint density at radius 3 is 2.67 bits per heavy atom. The zero-order chi connectivity index (χ0) is 18.9. The average molecular weight is 385 g/mol. The molecule has 0 amide bonds. The SMILES string of the molecule is CCCCN(C/C(S)=C/c1ccc2c(c1)OCCO2)NCc1ccccc1. The molecule has 3 rings (SSSR count). The summed E-state index contributed by atoms with van der Waals surface area (Å²) in [7, 11) is 0. The van der Waals surface area contributed by atoms with Crippen LogP contribution in [0.4, 0.5) is 0 Å². The molecule has 1 N–H and O–H groups in total. The van der Waals surface area contributed by atoms with E-state index in [4.69, 9.17) is 22.1 Å². The first-order valence-electron chi connectivity index (χ1n) is 9.56. The van der Waals surface area contributed by atoms with Crippen molar-refractivity contribution in [3.63, 3.8) is 0 Å². The molecule has 0 spiro atoms. The van der Waals surface area contributed by atoms with Gasteiger partial charge in [0.25, 0.3) is 0 Å². The number of fused-ring (bicyclic) bond motifs is 1. The molecule has 2 aromatic carbocycles. The fraction of sp³-hybridized carbons (Fsp3) is 0.364. The molecule has 0 radical (unpaired) electrons. The molecule has 0 saturated carbocycles. The summed E-state index contributed by atoms with van der Waals surface area (Å²) in [5, 5.41) is 2.24. The van der Waals surface area contributed by atoms with E-state index in [1.165, 1.54) is 5.56 Å². The summed E-state index contributed by atoms with van der Waals surface area (Å²) in [4.78, 5) is 1.00. The number of hydrogen-bond donors (Lipinski definition) is 2. The van der Waals surface area contributed by atoms with E-state index in [0.29, 0.717) is 13.2 Å². The number of nitrogens with zero attached hydrogens (tertiary/aromatic N) is 1. The molecular formula is C22H28N2O2S. The highest BCUT2D eigenvalue weighted by atomic mass is 32.1. The molecule has 144 valence electrons. The molecule has 1 aliphatic heterocycles. The molecular weight excluding hydrogens is 356 g/mol. The van der Waals surface area contributed by atoms with Gasteiger partial charge in [0, 0.05) is 19.6 Å². The molecule has 0 aliphatic carbocycles. The second-order valence-corrected chi connectivity index (χ2v) is 7.21. The van der Waals surface area contributed by atoms with Gasteiger partial charge in [-0.15, -0.1) is 12.6 Å². The van der Waals surface area contributed by atoms with Crippen LogP contribution in [-0.2, 0) is 6.54 Å². The molecule has 0 bridgehead atoms. The van der Waals surface area contributed by atoms with Gasteiger partial charge in [0.1, 0.15) is 13.2 Å². The van der Waals surface area contributed by atoms with E-state index < -0.39 is 0 Å². The first-order valence-corrected chi connectivity index (χ1v) is 10.0. The maximum Gasteiger partial charge on any atom is 0.161 e. The van der Waals surface area contributed by atoms with Crippen LogP contribution >= 0.6 is 12.6 Å². The minimum absolute atomic E-state index is 0.599. The van der Waals surface area contributed by atoms with Gasteiger partial charge in [0.05, 0.1) is 0 Å². The second-order valence-electron chi connectivity index (χ2n) is 6.63. The molecule has 0 unspecified atom stereocenters. The summed E-state index contributed by atoms with van der Waals surface area (Å²) in [5.41, 5.74) is 5.88. The van der Waals surface area contributed by atoms with Crippen LogP contribution in [0.5, 0.6) is 11.5 Å². The lowest BCUT2D eigenvalue weighted by atomic mass is 10.1. The van der Waals surface area contributed by atoms with E-state index in [-0.39, 0.29) is 0 Å². The maximum absolute atomic E-state index is 5.67. The molecule has 0 saturated heterocycles. The molecule has 1 aliphatic rings. The lowest BCUT2D eigenvalue weighted by molar-refractivity contribution is 0.171. The molecule has 0 atom stereocenters. The summed E-state index contributed by atoms with van der Waals surface area (Å²) in [6.07, 6.45) is 4.40. The number of hydrazine groups is 1. The van der Waals surface area contributed by atoms with Crippen molar-refractivity contribution in [3.8, 4) is 11.5 Å². The van der Waals surface area contributed by atoms with Gasteiger partial charge in [0.15, 0.2) is 11.5 Å². The highest BCUT2D eigenvalue weighted by Gasteiger charge is 2.11. The number of ether oxygens (including phenoxy) is 2. The average Bonchev–Trinajstić information content (AvgIpc) is 2.70. The van der Waals surface area contributed by atoms with Gasteiger partial charge < -0.3 is 9.47 Å². The van der Waals surface area contributed by atoms with E-state index in [1.807, 2.05) is 24.3 Å². The van der Waals surface area contributed by atoms with Gasteiger partial charge in [-0.25, -0.2) is 5.01 Å². The van der Waals surface area contributed by atoms with E-state index in [1.54, 1.807) is 0 Å². The fourth-order valence-corrected chi connectivity index (χ4v) is 3.27. The second kappa shape index (κ2) is 10.4. The van der Waals surface area contributed by atoms with Crippen molar-refractivity contribution in [2.45, 2.75) is 26.3 Å². The van der Waals surface area contributed by atoms with Crippen LogP contribution < -0.4 is 14.9 Å². The van der Waals surface area contributed by atoms with Crippen molar-refractivity contribution >= 4 is 18.7 Å². The zero-order valence-electron chi connectivity index (χ0n) is 15.9. The van der Waals surface area contributed by atoms with E-state index in [9.17, 15) is 0 Å². The van der Waals surface area contributed by atoms with Crippen molar-refractivity contribution in [1.82, 2.24) is 10.4 Å². The Morgan fingerprint density at radius 1 is 1.11 bits per heavy atom. The Kier molecular flexibility index (Phi) is 7.63.